The van der Waals surface area contributed by atoms with Crippen molar-refractivity contribution in [1.82, 2.24) is 0 Å². The summed E-state index contributed by atoms with van der Waals surface area (Å²) in [6, 6.07) is 0. The van der Waals surface area contributed by atoms with Crippen LogP contribution in [0.5, 0.6) is 0 Å². The molecule has 0 saturated heterocycles. The summed E-state index contributed by atoms with van der Waals surface area (Å²) in [5, 5.41) is 0. The number of fused-ring (bicyclic) bond motifs is 2. The number of furan rings is 1. The van der Waals surface area contributed by atoms with E-state index in [2.05, 4.69) is 4.74 Å². The summed E-state index contributed by atoms with van der Waals surface area (Å²) in [4.78, 5) is 23.2. The van der Waals surface area contributed by atoms with Crippen LogP contribution in [0.15, 0.2) is 4.42 Å². The van der Waals surface area contributed by atoms with E-state index < -0.39 is 34.4 Å². The van der Waals surface area contributed by atoms with Gasteiger partial charge in [0, 0.05) is 0 Å². The molecule has 2 bridgehead atoms. The Morgan fingerprint density at radius 3 is 2.79 bits per heavy atom. The number of hydrogen-bond acceptors (Lipinski definition) is 7. The summed E-state index contributed by atoms with van der Waals surface area (Å²) >= 11 is 0. The molecule has 2 rings (SSSR count). The molecule has 0 fully saturated rings. The van der Waals surface area contributed by atoms with Crippen LogP contribution in [0, 0.1) is 6.92 Å². The molecular formula is C10H10O8S. The predicted molar refractivity (Wildman–Crippen MR) is 59.3 cm³/mol. The van der Waals surface area contributed by atoms with Gasteiger partial charge in [0.05, 0.1) is 0 Å². The third-order valence-corrected chi connectivity index (χ3v) is 3.16. The lowest BCUT2D eigenvalue weighted by molar-refractivity contribution is 0.0391. The highest BCUT2D eigenvalue weighted by Gasteiger charge is 2.34. The minimum Gasteiger partial charge on any atom is -0.461 e. The van der Waals surface area contributed by atoms with E-state index in [4.69, 9.17) is 13.7 Å². The van der Waals surface area contributed by atoms with Crippen LogP contribution in [-0.2, 0) is 26.2 Å². The van der Waals surface area contributed by atoms with Gasteiger partial charge in [-0.1, -0.05) is 0 Å². The van der Waals surface area contributed by atoms with Crippen LogP contribution in [0.3, 0.4) is 0 Å². The number of rotatable bonds is 4. The molecule has 2 heterocycles. The molecule has 1 aliphatic heterocycles. The quantitative estimate of drug-likeness (QED) is 0.621. The van der Waals surface area contributed by atoms with Gasteiger partial charge in [-0.2, -0.15) is 8.42 Å². The van der Waals surface area contributed by atoms with E-state index in [1.165, 1.54) is 6.92 Å². The van der Waals surface area contributed by atoms with Gasteiger partial charge in [0.25, 0.3) is 10.1 Å². The predicted octanol–water partition coefficient (Wildman–Crippen LogP) is 0.303. The highest BCUT2D eigenvalue weighted by Crippen LogP contribution is 2.29. The fourth-order valence-corrected chi connectivity index (χ4v) is 1.97. The van der Waals surface area contributed by atoms with Crippen LogP contribution in [-0.4, -0.2) is 37.3 Å². The Labute approximate surface area is 108 Å². The molecule has 0 atom stereocenters. The van der Waals surface area contributed by atoms with Crippen molar-refractivity contribution in [2.24, 2.45) is 0 Å². The molecule has 0 amide bonds. The van der Waals surface area contributed by atoms with Crippen molar-refractivity contribution in [2.45, 2.75) is 13.5 Å². The summed E-state index contributed by atoms with van der Waals surface area (Å²) in [6.07, 6.45) is 0. The number of hydrogen-bond donors (Lipinski definition) is 1. The largest absolute Gasteiger partial charge is 0.461 e. The molecule has 0 radical (unpaired) electrons. The van der Waals surface area contributed by atoms with Gasteiger partial charge in [0.15, 0.2) is 12.4 Å². The SMILES string of the molecule is Cc1oc2c(C(=O)OCCS(=O)(=O)O)c1C(=O)OC2. The van der Waals surface area contributed by atoms with Crippen LogP contribution in [0.4, 0.5) is 0 Å². The molecule has 0 spiro atoms. The van der Waals surface area contributed by atoms with Crippen LogP contribution in [0.2, 0.25) is 0 Å². The molecule has 0 aliphatic carbocycles. The molecule has 1 aromatic rings. The van der Waals surface area contributed by atoms with Gasteiger partial charge in [0.2, 0.25) is 0 Å². The van der Waals surface area contributed by atoms with E-state index in [0.717, 1.165) is 0 Å². The number of ether oxygens (including phenoxy) is 2. The second kappa shape index (κ2) is 4.67. The Morgan fingerprint density at radius 1 is 1.47 bits per heavy atom. The van der Waals surface area contributed by atoms with Crippen molar-refractivity contribution in [1.29, 1.82) is 0 Å². The summed E-state index contributed by atoms with van der Waals surface area (Å²) in [7, 11) is -4.21. The summed E-state index contributed by atoms with van der Waals surface area (Å²) in [6.45, 7) is 0.804. The molecule has 104 valence electrons. The van der Waals surface area contributed by atoms with Crippen LogP contribution in [0.1, 0.15) is 32.2 Å². The van der Waals surface area contributed by atoms with E-state index in [-0.39, 0.29) is 29.3 Å². The molecule has 1 aliphatic rings. The first kappa shape index (κ1) is 13.6. The maximum Gasteiger partial charge on any atom is 0.343 e. The highest BCUT2D eigenvalue weighted by atomic mass is 32.2. The van der Waals surface area contributed by atoms with Gasteiger partial charge in [-0.05, 0) is 6.92 Å². The van der Waals surface area contributed by atoms with Gasteiger partial charge in [-0.3, -0.25) is 4.55 Å². The van der Waals surface area contributed by atoms with Gasteiger partial charge >= 0.3 is 11.9 Å². The first-order chi connectivity index (χ1) is 8.79. The standard InChI is InChI=1S/C10H10O8S/c1-5-7-8(6(18-5)4-17-9(7)11)10(12)16-2-3-19(13,14)15/h2-4H2,1H3,(H,13,14,15). The zero-order chi connectivity index (χ0) is 14.2. The number of carbonyl (C=O) groups is 2. The average Bonchev–Trinajstić information content (AvgIpc) is 2.54. The minimum absolute atomic E-state index is 0.0156. The zero-order valence-electron chi connectivity index (χ0n) is 9.83. The number of cyclic esters (lactones) is 1. The van der Waals surface area contributed by atoms with Crippen LogP contribution >= 0.6 is 0 Å². The summed E-state index contributed by atoms with van der Waals surface area (Å²) in [5.74, 6) is -1.91. The number of carbonyl (C=O) groups excluding carboxylic acids is 2. The maximum atomic E-state index is 11.8. The normalized spacial score (nSPS) is 14.1. The van der Waals surface area contributed by atoms with E-state index >= 15 is 0 Å². The minimum atomic E-state index is -4.21. The topological polar surface area (TPSA) is 120 Å². The van der Waals surface area contributed by atoms with Gasteiger partial charge in [-0.15, -0.1) is 0 Å². The van der Waals surface area contributed by atoms with E-state index in [0.29, 0.717) is 0 Å². The lowest BCUT2D eigenvalue weighted by Crippen LogP contribution is -2.21. The Kier molecular flexibility index (Phi) is 3.33. The third kappa shape index (κ3) is 2.76. The molecule has 0 aromatic carbocycles. The van der Waals surface area contributed by atoms with E-state index in [1.807, 2.05) is 0 Å². The van der Waals surface area contributed by atoms with Crippen molar-refractivity contribution < 1.29 is 36.5 Å². The average molecular weight is 290 g/mol. The molecule has 0 unspecified atom stereocenters. The number of aryl methyl sites for hydroxylation is 1. The van der Waals surface area contributed by atoms with Gasteiger partial charge in [-0.25, -0.2) is 9.59 Å². The first-order valence-electron chi connectivity index (χ1n) is 5.21. The molecule has 0 saturated carbocycles. The fourth-order valence-electron chi connectivity index (χ4n) is 1.68. The van der Waals surface area contributed by atoms with Crippen molar-refractivity contribution in [3.8, 4) is 0 Å². The molecule has 9 heteroatoms. The van der Waals surface area contributed by atoms with Crippen molar-refractivity contribution in [3.05, 3.63) is 22.6 Å². The molecule has 8 nitrogen and oxygen atoms in total. The Balaban J connectivity index is 2.16. The van der Waals surface area contributed by atoms with Gasteiger partial charge in [0.1, 0.15) is 29.2 Å². The van der Waals surface area contributed by atoms with Crippen molar-refractivity contribution in [3.63, 3.8) is 0 Å². The second-order valence-electron chi connectivity index (χ2n) is 3.83. The lowest BCUT2D eigenvalue weighted by Gasteiger charge is -2.10. The second-order valence-corrected chi connectivity index (χ2v) is 5.40. The van der Waals surface area contributed by atoms with Crippen molar-refractivity contribution in [2.75, 3.05) is 12.4 Å². The lowest BCUT2D eigenvalue weighted by atomic mass is 10.1. The smallest absolute Gasteiger partial charge is 0.343 e. The third-order valence-electron chi connectivity index (χ3n) is 2.47. The zero-order valence-corrected chi connectivity index (χ0v) is 10.7. The highest BCUT2D eigenvalue weighted by molar-refractivity contribution is 7.85. The van der Waals surface area contributed by atoms with E-state index in [9.17, 15) is 18.0 Å². The molecule has 1 N–H and O–H groups in total. The summed E-state index contributed by atoms with van der Waals surface area (Å²) in [5.41, 5.74) is -0.0674. The van der Waals surface area contributed by atoms with Crippen LogP contribution < -0.4 is 0 Å². The van der Waals surface area contributed by atoms with Crippen LogP contribution in [0.25, 0.3) is 0 Å². The summed E-state index contributed by atoms with van der Waals surface area (Å²) < 4.78 is 44.1. The van der Waals surface area contributed by atoms with E-state index in [1.54, 1.807) is 0 Å². The molecule has 1 aromatic heterocycles. The maximum absolute atomic E-state index is 11.8. The molecule has 19 heavy (non-hydrogen) atoms. The fraction of sp³-hybridized carbons (Fsp3) is 0.400. The number of esters is 2. The monoisotopic (exact) mass is 290 g/mol. The van der Waals surface area contributed by atoms with Gasteiger partial charge < -0.3 is 13.9 Å². The van der Waals surface area contributed by atoms with Crippen molar-refractivity contribution >= 4 is 22.1 Å². The Bertz CT molecular complexity index is 639. The Morgan fingerprint density at radius 2 is 2.16 bits per heavy atom. The Hall–Kier alpha value is -1.87. The first-order valence-corrected chi connectivity index (χ1v) is 6.82. The molecular weight excluding hydrogens is 280 g/mol.